The van der Waals surface area contributed by atoms with E-state index in [2.05, 4.69) is 10.00 Å². The van der Waals surface area contributed by atoms with E-state index in [1.165, 1.54) is 0 Å². The number of aliphatic hydroxyl groups is 1. The maximum absolute atomic E-state index is 12.6. The van der Waals surface area contributed by atoms with Crippen molar-refractivity contribution in [2.24, 2.45) is 0 Å². The van der Waals surface area contributed by atoms with Gasteiger partial charge in [0.25, 0.3) is 0 Å². The van der Waals surface area contributed by atoms with E-state index in [9.17, 15) is 9.90 Å². The number of aliphatic hydroxyl groups excluding tert-OH is 1. The maximum Gasteiger partial charge on any atom is 0.237 e. The fraction of sp³-hybridized carbons (Fsp3) is 0.474. The van der Waals surface area contributed by atoms with E-state index in [1.54, 1.807) is 0 Å². The van der Waals surface area contributed by atoms with Crippen LogP contribution in [0.4, 0.5) is 0 Å². The van der Waals surface area contributed by atoms with Crippen LogP contribution in [0.25, 0.3) is 0 Å². The Labute approximate surface area is 152 Å². The summed E-state index contributed by atoms with van der Waals surface area (Å²) < 4.78 is 7.24. The van der Waals surface area contributed by atoms with Crippen LogP contribution >= 0.6 is 0 Å². The average Bonchev–Trinajstić information content (AvgIpc) is 3.12. The maximum atomic E-state index is 12.6. The van der Waals surface area contributed by atoms with E-state index in [0.717, 1.165) is 24.3 Å². The summed E-state index contributed by atoms with van der Waals surface area (Å²) in [6.07, 6.45) is -0.744. The van der Waals surface area contributed by atoms with Gasteiger partial charge in [0.05, 0.1) is 44.2 Å². The third-order valence-electron chi connectivity index (χ3n) is 5.03. The van der Waals surface area contributed by atoms with Gasteiger partial charge in [0.1, 0.15) is 6.10 Å². The van der Waals surface area contributed by atoms with Crippen molar-refractivity contribution in [1.29, 1.82) is 0 Å². The monoisotopic (exact) mass is 356 g/mol. The van der Waals surface area contributed by atoms with Crippen molar-refractivity contribution in [1.82, 2.24) is 19.6 Å². The van der Waals surface area contributed by atoms with Crippen molar-refractivity contribution in [2.75, 3.05) is 39.4 Å². The number of morpholine rings is 1. The zero-order valence-electron chi connectivity index (χ0n) is 14.8. The number of rotatable bonds is 4. The second kappa shape index (κ2) is 7.57. The molecule has 3 heterocycles. The van der Waals surface area contributed by atoms with Gasteiger partial charge in [0, 0.05) is 19.6 Å². The van der Waals surface area contributed by atoms with E-state index in [1.807, 2.05) is 46.0 Å². The molecular formula is C19H24N4O3. The Balaban J connectivity index is 1.42. The summed E-state index contributed by atoms with van der Waals surface area (Å²) in [5.41, 5.74) is 2.42. The molecule has 1 fully saturated rings. The molecule has 1 N–H and O–H groups in total. The van der Waals surface area contributed by atoms with Gasteiger partial charge < -0.3 is 14.7 Å². The van der Waals surface area contributed by atoms with Crippen molar-refractivity contribution < 1.29 is 14.6 Å². The predicted molar refractivity (Wildman–Crippen MR) is 95.4 cm³/mol. The molecule has 26 heavy (non-hydrogen) atoms. The summed E-state index contributed by atoms with van der Waals surface area (Å²) in [6.45, 7) is 5.30. The molecular weight excluding hydrogens is 332 g/mol. The smallest absolute Gasteiger partial charge is 0.237 e. The van der Waals surface area contributed by atoms with E-state index in [0.29, 0.717) is 45.1 Å². The number of nitrogens with zero attached hydrogens (tertiary/aromatic N) is 4. The number of carbonyl (C=O) groups excluding carboxylic acids is 1. The topological polar surface area (TPSA) is 70.8 Å². The summed E-state index contributed by atoms with van der Waals surface area (Å²) in [4.78, 5) is 16.6. The Morgan fingerprint density at radius 1 is 1.15 bits per heavy atom. The summed E-state index contributed by atoms with van der Waals surface area (Å²) in [6, 6.07) is 11.4. The third-order valence-corrected chi connectivity index (χ3v) is 5.03. The minimum absolute atomic E-state index is 0.143. The molecule has 1 atom stereocenters. The van der Waals surface area contributed by atoms with E-state index < -0.39 is 6.10 Å². The number of hydrogen-bond acceptors (Lipinski definition) is 5. The molecule has 2 aliphatic heterocycles. The molecule has 7 nitrogen and oxygen atoms in total. The zero-order chi connectivity index (χ0) is 17.9. The van der Waals surface area contributed by atoms with Crippen LogP contribution in [0.1, 0.15) is 23.1 Å². The first-order valence-electron chi connectivity index (χ1n) is 9.08. The van der Waals surface area contributed by atoms with Crippen molar-refractivity contribution in [2.45, 2.75) is 19.2 Å². The summed E-state index contributed by atoms with van der Waals surface area (Å²) in [5, 5.41) is 15.1. The van der Waals surface area contributed by atoms with Crippen LogP contribution in [0.2, 0.25) is 0 Å². The van der Waals surface area contributed by atoms with Crippen LogP contribution in [0.5, 0.6) is 0 Å². The van der Waals surface area contributed by atoms with Crippen LogP contribution in [0.3, 0.4) is 0 Å². The van der Waals surface area contributed by atoms with Crippen LogP contribution in [-0.2, 0) is 22.6 Å². The highest BCUT2D eigenvalue weighted by atomic mass is 16.5. The van der Waals surface area contributed by atoms with Gasteiger partial charge in [0.2, 0.25) is 5.91 Å². The quantitative estimate of drug-likeness (QED) is 0.871. The molecule has 1 aromatic heterocycles. The fourth-order valence-corrected chi connectivity index (χ4v) is 3.49. The van der Waals surface area contributed by atoms with Gasteiger partial charge in [-0.25, -0.2) is 0 Å². The molecule has 4 rings (SSSR count). The van der Waals surface area contributed by atoms with Gasteiger partial charge in [-0.2, -0.15) is 5.10 Å². The molecule has 1 aromatic carbocycles. The highest BCUT2D eigenvalue weighted by Crippen LogP contribution is 2.23. The standard InChI is InChI=1S/C19H24N4O3/c24-18(14-21-8-10-26-11-9-21)22-6-7-23-16(13-22)12-17(20-23)19(25)15-4-2-1-3-5-15/h1-5,12,19,25H,6-11,13-14H2. The second-order valence-electron chi connectivity index (χ2n) is 6.80. The summed E-state index contributed by atoms with van der Waals surface area (Å²) in [7, 11) is 0. The first kappa shape index (κ1) is 17.2. The predicted octanol–water partition coefficient (Wildman–Crippen LogP) is 0.639. The Hall–Kier alpha value is -2.22. The van der Waals surface area contributed by atoms with Crippen LogP contribution < -0.4 is 0 Å². The molecule has 1 saturated heterocycles. The van der Waals surface area contributed by atoms with Crippen molar-refractivity contribution in [3.05, 3.63) is 53.3 Å². The van der Waals surface area contributed by atoms with Crippen LogP contribution in [0, 0.1) is 0 Å². The van der Waals surface area contributed by atoms with Gasteiger partial charge in [-0.05, 0) is 11.6 Å². The van der Waals surface area contributed by atoms with Gasteiger partial charge in [-0.3, -0.25) is 14.4 Å². The number of hydrogen-bond donors (Lipinski definition) is 1. The molecule has 2 aliphatic rings. The van der Waals surface area contributed by atoms with E-state index in [-0.39, 0.29) is 5.91 Å². The fourth-order valence-electron chi connectivity index (χ4n) is 3.49. The molecule has 0 radical (unpaired) electrons. The van der Waals surface area contributed by atoms with Crippen LogP contribution in [0.15, 0.2) is 36.4 Å². The SMILES string of the molecule is O=C(CN1CCOCC1)N1CCn2nc(C(O)c3ccccc3)cc2C1. The van der Waals surface area contributed by atoms with Crippen LogP contribution in [-0.4, -0.2) is 70.0 Å². The van der Waals surface area contributed by atoms with Crippen molar-refractivity contribution in [3.8, 4) is 0 Å². The van der Waals surface area contributed by atoms with Crippen molar-refractivity contribution >= 4 is 5.91 Å². The summed E-state index contributed by atoms with van der Waals surface area (Å²) in [5.74, 6) is 0.143. The van der Waals surface area contributed by atoms with Gasteiger partial charge in [0.15, 0.2) is 0 Å². The Bertz CT molecular complexity index is 755. The first-order chi connectivity index (χ1) is 12.7. The third kappa shape index (κ3) is 3.65. The lowest BCUT2D eigenvalue weighted by molar-refractivity contribution is -0.135. The number of carbonyl (C=O) groups is 1. The van der Waals surface area contributed by atoms with Gasteiger partial charge >= 0.3 is 0 Å². The molecule has 7 heteroatoms. The first-order valence-corrected chi connectivity index (χ1v) is 9.08. The molecule has 138 valence electrons. The highest BCUT2D eigenvalue weighted by Gasteiger charge is 2.26. The Morgan fingerprint density at radius 3 is 2.69 bits per heavy atom. The number of fused-ring (bicyclic) bond motifs is 1. The number of amides is 1. The molecule has 0 bridgehead atoms. The number of ether oxygens (including phenoxy) is 1. The Kier molecular flexibility index (Phi) is 5.01. The lowest BCUT2D eigenvalue weighted by atomic mass is 10.1. The number of aromatic nitrogens is 2. The average molecular weight is 356 g/mol. The molecule has 2 aromatic rings. The lowest BCUT2D eigenvalue weighted by Crippen LogP contribution is -2.46. The largest absolute Gasteiger partial charge is 0.382 e. The normalized spacial score (nSPS) is 19.2. The van der Waals surface area contributed by atoms with Gasteiger partial charge in [-0.15, -0.1) is 0 Å². The Morgan fingerprint density at radius 2 is 1.92 bits per heavy atom. The molecule has 0 saturated carbocycles. The van der Waals surface area contributed by atoms with E-state index in [4.69, 9.17) is 4.74 Å². The molecule has 1 amide bonds. The minimum Gasteiger partial charge on any atom is -0.382 e. The van der Waals surface area contributed by atoms with E-state index >= 15 is 0 Å². The zero-order valence-corrected chi connectivity index (χ0v) is 14.8. The minimum atomic E-state index is -0.744. The number of benzene rings is 1. The molecule has 0 aliphatic carbocycles. The second-order valence-corrected chi connectivity index (χ2v) is 6.80. The van der Waals surface area contributed by atoms with Gasteiger partial charge in [-0.1, -0.05) is 30.3 Å². The highest BCUT2D eigenvalue weighted by molar-refractivity contribution is 5.78. The summed E-state index contributed by atoms with van der Waals surface area (Å²) >= 11 is 0. The lowest BCUT2D eigenvalue weighted by Gasteiger charge is -2.31. The molecule has 0 spiro atoms. The van der Waals surface area contributed by atoms with Crippen molar-refractivity contribution in [3.63, 3.8) is 0 Å². The molecule has 1 unspecified atom stereocenters.